The summed E-state index contributed by atoms with van der Waals surface area (Å²) >= 11 is 3.60. The maximum Gasteiger partial charge on any atom is 0.515 e. The number of benzene rings is 5. The van der Waals surface area contributed by atoms with Crippen LogP contribution in [0.3, 0.4) is 0 Å². The van der Waals surface area contributed by atoms with E-state index in [4.69, 9.17) is 33.5 Å². The molecule has 460 valence electrons. The first-order chi connectivity index (χ1) is 42.7. The quantitative estimate of drug-likeness (QED) is 0.0345. The topological polar surface area (TPSA) is 167 Å². The molecule has 0 aliphatic carbocycles. The first-order valence-electron chi connectivity index (χ1n) is 30.4. The Morgan fingerprint density at radius 1 is 0.471 bits per heavy atom. The van der Waals surface area contributed by atoms with Crippen LogP contribution in [0.5, 0.6) is 17.2 Å². The van der Waals surface area contributed by atoms with E-state index in [2.05, 4.69) is 85.8 Å². The zero-order chi connectivity index (χ0) is 60.6. The molecule has 4 aromatic heterocycles. The van der Waals surface area contributed by atoms with Crippen molar-refractivity contribution in [2.24, 2.45) is 0 Å². The third kappa shape index (κ3) is 18.3. The van der Waals surface area contributed by atoms with E-state index < -0.39 is 12.3 Å². The minimum Gasteiger partial charge on any atom is -0.494 e. The number of para-hydroxylation sites is 1. The molecule has 1 N–H and O–H groups in total. The zero-order valence-corrected chi connectivity index (χ0v) is 51.6. The van der Waals surface area contributed by atoms with Gasteiger partial charge in [0.15, 0.2) is 13.5 Å². The summed E-state index contributed by atoms with van der Waals surface area (Å²) in [6.07, 6.45) is 6.07. The third-order valence-corrected chi connectivity index (χ3v) is 17.1. The average Bonchev–Trinajstić information content (AvgIpc) is 2.67. The number of ether oxygens (including phenoxy) is 6. The van der Waals surface area contributed by atoms with Gasteiger partial charge in [-0.25, -0.2) is 9.59 Å². The number of piperazine rings is 2. The van der Waals surface area contributed by atoms with Crippen LogP contribution >= 0.6 is 22.7 Å². The molecule has 0 saturated carbocycles. The lowest BCUT2D eigenvalue weighted by atomic mass is 10.2. The maximum atomic E-state index is 12.6. The van der Waals surface area contributed by atoms with E-state index in [0.717, 1.165) is 128 Å². The van der Waals surface area contributed by atoms with Crippen LogP contribution in [0, 0.1) is 0 Å². The van der Waals surface area contributed by atoms with Gasteiger partial charge < -0.3 is 43.3 Å². The highest BCUT2D eigenvalue weighted by molar-refractivity contribution is 7.17. The molecule has 2 saturated heterocycles. The van der Waals surface area contributed by atoms with Crippen molar-refractivity contribution in [2.45, 2.75) is 78.7 Å². The van der Waals surface area contributed by atoms with Gasteiger partial charge in [-0.05, 0) is 158 Å². The maximum absolute atomic E-state index is 12.6. The molecule has 0 bridgehead atoms. The molecule has 17 nitrogen and oxygen atoms in total. The molecule has 0 unspecified atom stereocenters. The smallest absolute Gasteiger partial charge is 0.494 e. The van der Waals surface area contributed by atoms with Crippen molar-refractivity contribution in [1.29, 1.82) is 0 Å². The normalized spacial score (nSPS) is 13.6. The van der Waals surface area contributed by atoms with Crippen molar-refractivity contribution in [2.75, 3.05) is 102 Å². The Bertz CT molecular complexity index is 3720. The molecule has 6 heterocycles. The molecule has 9 aromatic rings. The highest BCUT2D eigenvalue weighted by Crippen LogP contribution is 2.33. The Labute approximate surface area is 516 Å². The fourth-order valence-electron chi connectivity index (χ4n) is 10.5. The molecular weight excluding hydrogens is 1140 g/mol. The van der Waals surface area contributed by atoms with E-state index in [1.54, 1.807) is 59.1 Å². The van der Waals surface area contributed by atoms with E-state index in [-0.39, 0.29) is 24.6 Å². The molecule has 2 fully saturated rings. The van der Waals surface area contributed by atoms with E-state index in [1.807, 2.05) is 49.4 Å². The van der Waals surface area contributed by atoms with Crippen LogP contribution in [-0.4, -0.2) is 128 Å². The Morgan fingerprint density at radius 2 is 0.954 bits per heavy atom. The van der Waals surface area contributed by atoms with Crippen LogP contribution in [0.1, 0.15) is 65.2 Å². The number of pyridine rings is 2. The van der Waals surface area contributed by atoms with Crippen LogP contribution < -0.4 is 35.1 Å². The largest absolute Gasteiger partial charge is 0.515 e. The summed E-state index contributed by atoms with van der Waals surface area (Å²) in [5, 5.41) is 16.8. The molecule has 87 heavy (non-hydrogen) atoms. The zero-order valence-electron chi connectivity index (χ0n) is 49.9. The van der Waals surface area contributed by atoms with Crippen molar-refractivity contribution >= 4 is 88.3 Å². The van der Waals surface area contributed by atoms with Gasteiger partial charge in [-0.2, -0.15) is 0 Å². The fraction of sp³-hybridized carbons (Fsp3) is 0.382. The van der Waals surface area contributed by atoms with Crippen molar-refractivity contribution in [3.05, 3.63) is 171 Å². The molecule has 19 heteroatoms. The molecule has 0 radical (unpaired) electrons. The van der Waals surface area contributed by atoms with Gasteiger partial charge in [-0.15, -0.1) is 22.7 Å². The molecule has 0 spiro atoms. The summed E-state index contributed by atoms with van der Waals surface area (Å²) in [5.41, 5.74) is 3.45. The number of carbonyl (C=O) groups excluding carboxylic acids is 2. The summed E-state index contributed by atoms with van der Waals surface area (Å²) < 4.78 is 38.2. The van der Waals surface area contributed by atoms with E-state index in [9.17, 15) is 19.2 Å². The molecule has 0 atom stereocenters. The predicted octanol–water partition coefficient (Wildman–Crippen LogP) is 13.3. The highest BCUT2D eigenvalue weighted by Gasteiger charge is 2.21. The van der Waals surface area contributed by atoms with E-state index in [0.29, 0.717) is 54.7 Å². The van der Waals surface area contributed by atoms with Crippen LogP contribution in [0.15, 0.2) is 160 Å². The van der Waals surface area contributed by atoms with E-state index >= 15 is 0 Å². The van der Waals surface area contributed by atoms with Gasteiger partial charge >= 0.3 is 12.3 Å². The number of hydrogen-bond donors (Lipinski definition) is 1. The number of aliphatic hydroxyl groups is 1. The number of fused-ring (bicyclic) bond motifs is 4. The van der Waals surface area contributed by atoms with Gasteiger partial charge in [0.25, 0.3) is 11.1 Å². The Kier molecular flexibility index (Phi) is 24.3. The second-order valence-corrected chi connectivity index (χ2v) is 23.3. The molecule has 11 rings (SSSR count). The second kappa shape index (κ2) is 33.3. The Balaban J connectivity index is 0.000000193. The Morgan fingerprint density at radius 3 is 1.43 bits per heavy atom. The summed E-state index contributed by atoms with van der Waals surface area (Å²) in [4.78, 5) is 59.2. The lowest BCUT2D eigenvalue weighted by Gasteiger charge is -2.36. The van der Waals surface area contributed by atoms with E-state index in [1.165, 1.54) is 52.8 Å². The number of rotatable bonds is 24. The second-order valence-electron chi connectivity index (χ2n) is 21.4. The predicted molar refractivity (Wildman–Crippen MR) is 350 cm³/mol. The number of anilines is 2. The number of hydrogen-bond acceptors (Lipinski definition) is 17. The van der Waals surface area contributed by atoms with Crippen molar-refractivity contribution < 1.29 is 43.1 Å². The number of unbranched alkanes of at least 4 members (excludes halogenated alkanes) is 4. The summed E-state index contributed by atoms with van der Waals surface area (Å²) in [7, 11) is 0. The lowest BCUT2D eigenvalue weighted by molar-refractivity contribution is 0.0334. The van der Waals surface area contributed by atoms with Gasteiger partial charge in [0.2, 0.25) is 0 Å². The minimum absolute atomic E-state index is 0.208. The molecule has 2 aliphatic rings. The van der Waals surface area contributed by atoms with Crippen LogP contribution in [0.4, 0.5) is 21.0 Å². The van der Waals surface area contributed by atoms with Gasteiger partial charge in [-0.1, -0.05) is 57.0 Å². The number of nitrogens with zero attached hydrogens (tertiary/aromatic N) is 6. The molecular formula is C68H80N6O11S2. The van der Waals surface area contributed by atoms with Crippen LogP contribution in [-0.2, 0) is 27.7 Å². The fourth-order valence-corrected chi connectivity index (χ4v) is 12.1. The number of aromatic nitrogens is 2. The average molecular weight is 1220 g/mol. The monoisotopic (exact) mass is 1220 g/mol. The van der Waals surface area contributed by atoms with Crippen molar-refractivity contribution in [1.82, 2.24) is 18.9 Å². The van der Waals surface area contributed by atoms with Crippen LogP contribution in [0.2, 0.25) is 0 Å². The van der Waals surface area contributed by atoms with Crippen molar-refractivity contribution in [3.63, 3.8) is 0 Å². The van der Waals surface area contributed by atoms with Crippen molar-refractivity contribution in [3.8, 4) is 17.2 Å². The first kappa shape index (κ1) is 63.6. The molecule has 0 amide bonds. The highest BCUT2D eigenvalue weighted by atomic mass is 32.1. The number of aliphatic hydroxyl groups excluding tert-OH is 1. The Hall–Kier alpha value is -7.94. The lowest BCUT2D eigenvalue weighted by Crippen LogP contribution is -2.46. The van der Waals surface area contributed by atoms with Gasteiger partial charge in [0.05, 0.1) is 30.9 Å². The van der Waals surface area contributed by atoms with Gasteiger partial charge in [-0.3, -0.25) is 28.5 Å². The summed E-state index contributed by atoms with van der Waals surface area (Å²) in [5.74, 6) is 1.73. The third-order valence-electron chi connectivity index (χ3n) is 15.4. The first-order valence-corrected chi connectivity index (χ1v) is 32.1. The molecule has 2 aliphatic heterocycles. The van der Waals surface area contributed by atoms with Gasteiger partial charge in [0.1, 0.15) is 17.2 Å². The molecule has 5 aromatic carbocycles. The summed E-state index contributed by atoms with van der Waals surface area (Å²) in [6, 6.07) is 44.0. The standard InChI is InChI=1S/C33H33N3O5S.C31H37N3O5S.C4H10O/c37-32-14-12-25-11-13-27(23-30(25)36(32)24-40-33(38)41-26-7-2-1-3-8-26)39-21-5-4-16-34-17-19-35(20-18-34)29-9-6-10-31-28(29)15-22-42-31;1-2-3-19-38-31(36)39-23-34-28-22-25(11-9-24(28)10-12-30(34)35)37-20-5-4-14-32-15-17-33(18-16-32)27-7-6-8-29-26(27)13-21-40-29;1-2-3-4-5/h1-3,6-15,22-23H,4-5,16-21,24H2;6-13,21-22H,2-5,14-20,23H2,1H3;5H,2-4H2,1H3. The number of carbonyl (C=O) groups is 2. The minimum atomic E-state index is -0.876. The number of thiophene rings is 2. The SMILES string of the molecule is CCCCO.CCCCOC(=O)OCn1c(=O)ccc2ccc(OCCCCN3CCN(c4cccc5sccc45)CC3)cc21.O=C(OCn1c(=O)ccc2ccc(OCCCCN3CCN(c4cccc5sccc45)CC3)cc21)Oc1ccccc1. The van der Waals surface area contributed by atoms with Crippen LogP contribution in [0.25, 0.3) is 42.0 Å². The van der Waals surface area contributed by atoms with Gasteiger partial charge in [0, 0.05) is 115 Å². The summed E-state index contributed by atoms with van der Waals surface area (Å²) in [6.45, 7) is 16.0.